The van der Waals surface area contributed by atoms with Crippen LogP contribution in [0, 0.1) is 5.92 Å². The highest BCUT2D eigenvalue weighted by atomic mass is 32.1. The maximum absolute atomic E-state index is 13.8. The molecule has 1 aliphatic carbocycles. The van der Waals surface area contributed by atoms with Crippen molar-refractivity contribution in [2.24, 2.45) is 5.92 Å². The number of rotatable bonds is 3. The van der Waals surface area contributed by atoms with Crippen LogP contribution in [-0.4, -0.2) is 31.9 Å². The normalized spacial score (nSPS) is 20.4. The Kier molecular flexibility index (Phi) is 4.38. The quantitative estimate of drug-likeness (QED) is 0.603. The Morgan fingerprint density at radius 3 is 2.69 bits per heavy atom. The molecular weight excluding hydrogens is 401 g/mol. The van der Waals surface area contributed by atoms with Crippen LogP contribution < -0.4 is 0 Å². The summed E-state index contributed by atoms with van der Waals surface area (Å²) in [6.45, 7) is 0.633. The first-order valence-electron chi connectivity index (χ1n) is 9.74. The molecule has 5 nitrogen and oxygen atoms in total. The van der Waals surface area contributed by atoms with Gasteiger partial charge < -0.3 is 4.90 Å². The van der Waals surface area contributed by atoms with Crippen LogP contribution in [0.5, 0.6) is 0 Å². The fourth-order valence-electron chi connectivity index (χ4n) is 3.98. The zero-order valence-corrected chi connectivity index (χ0v) is 16.3. The first-order chi connectivity index (χ1) is 13.9. The highest BCUT2D eigenvalue weighted by Crippen LogP contribution is 2.39. The van der Waals surface area contributed by atoms with E-state index >= 15 is 0 Å². The number of alkyl halides is 3. The second-order valence-electron chi connectivity index (χ2n) is 7.66. The van der Waals surface area contributed by atoms with Gasteiger partial charge in [-0.25, -0.2) is 9.50 Å². The number of hydrogen-bond donors (Lipinski definition) is 0. The molecule has 4 heterocycles. The molecule has 2 aliphatic rings. The van der Waals surface area contributed by atoms with Crippen LogP contribution in [0.4, 0.5) is 13.2 Å². The lowest BCUT2D eigenvalue weighted by Crippen LogP contribution is -2.39. The van der Waals surface area contributed by atoms with E-state index in [1.54, 1.807) is 23.6 Å². The van der Waals surface area contributed by atoms with E-state index in [-0.39, 0.29) is 29.2 Å². The van der Waals surface area contributed by atoms with E-state index in [4.69, 9.17) is 0 Å². The predicted octanol–water partition coefficient (Wildman–Crippen LogP) is 4.94. The van der Waals surface area contributed by atoms with Crippen LogP contribution in [-0.2, 0) is 11.0 Å². The van der Waals surface area contributed by atoms with E-state index in [9.17, 15) is 18.0 Å². The number of carbonyl (C=O) groups excluding carboxylic acids is 1. The van der Waals surface area contributed by atoms with Crippen molar-refractivity contribution in [3.05, 3.63) is 41.0 Å². The SMILES string of the molecule is O=C(C1CC1)N1CCCC[C@@H]1c1cc2nc(-c3cccs3)cc(C(F)(F)F)n2n1. The fourth-order valence-corrected chi connectivity index (χ4v) is 4.66. The molecule has 3 aromatic heterocycles. The zero-order chi connectivity index (χ0) is 20.2. The van der Waals surface area contributed by atoms with Crippen LogP contribution in [0.25, 0.3) is 16.2 Å². The van der Waals surface area contributed by atoms with E-state index in [2.05, 4.69) is 10.1 Å². The lowest BCUT2D eigenvalue weighted by Gasteiger charge is -2.35. The molecule has 1 aliphatic heterocycles. The molecule has 2 fully saturated rings. The van der Waals surface area contributed by atoms with E-state index in [1.807, 2.05) is 4.90 Å². The van der Waals surface area contributed by atoms with Gasteiger partial charge in [-0.15, -0.1) is 11.3 Å². The Morgan fingerprint density at radius 2 is 2.00 bits per heavy atom. The van der Waals surface area contributed by atoms with Gasteiger partial charge in [0.05, 0.1) is 22.3 Å². The summed E-state index contributed by atoms with van der Waals surface area (Å²) in [5.74, 6) is 0.178. The van der Waals surface area contributed by atoms with Gasteiger partial charge in [-0.3, -0.25) is 4.79 Å². The summed E-state index contributed by atoms with van der Waals surface area (Å²) >= 11 is 1.34. The number of aromatic nitrogens is 3. The molecule has 0 radical (unpaired) electrons. The summed E-state index contributed by atoms with van der Waals surface area (Å²) in [7, 11) is 0. The molecule has 1 saturated heterocycles. The third-order valence-electron chi connectivity index (χ3n) is 5.56. The van der Waals surface area contributed by atoms with Crippen LogP contribution in [0.2, 0.25) is 0 Å². The summed E-state index contributed by atoms with van der Waals surface area (Å²) in [5.41, 5.74) is 0.0662. The van der Waals surface area contributed by atoms with Crippen molar-refractivity contribution in [1.82, 2.24) is 19.5 Å². The molecule has 152 valence electrons. The largest absolute Gasteiger partial charge is 0.433 e. The molecule has 9 heteroatoms. The summed E-state index contributed by atoms with van der Waals surface area (Å²) in [6, 6.07) is 5.89. The van der Waals surface area contributed by atoms with Gasteiger partial charge in [-0.1, -0.05) is 6.07 Å². The van der Waals surface area contributed by atoms with Gasteiger partial charge in [0.2, 0.25) is 5.91 Å². The summed E-state index contributed by atoms with van der Waals surface area (Å²) in [4.78, 5) is 19.6. The van der Waals surface area contributed by atoms with Crippen molar-refractivity contribution < 1.29 is 18.0 Å². The zero-order valence-electron chi connectivity index (χ0n) is 15.5. The molecular formula is C20H19F3N4OS. The molecule has 5 rings (SSSR count). The maximum Gasteiger partial charge on any atom is 0.433 e. The standard InChI is InChI=1S/C20H19F3N4OS/c21-20(22,23)17-10-14(16-5-3-9-29-16)24-18-11-13(25-27(17)18)15-4-1-2-8-26(15)19(28)12-6-7-12/h3,5,9-12,15H,1-2,4,6-8H2/t15-/m1/s1. The number of halogens is 3. The molecule has 0 unspecified atom stereocenters. The van der Waals surface area contributed by atoms with Crippen molar-refractivity contribution >= 4 is 22.9 Å². The van der Waals surface area contributed by atoms with Gasteiger partial charge in [0.1, 0.15) is 0 Å². The van der Waals surface area contributed by atoms with Crippen molar-refractivity contribution in [3.8, 4) is 10.6 Å². The molecule has 0 spiro atoms. The predicted molar refractivity (Wildman–Crippen MR) is 102 cm³/mol. The average molecular weight is 420 g/mol. The van der Waals surface area contributed by atoms with Crippen molar-refractivity contribution in [2.45, 2.75) is 44.3 Å². The number of hydrogen-bond acceptors (Lipinski definition) is 4. The number of nitrogens with zero attached hydrogens (tertiary/aromatic N) is 4. The highest BCUT2D eigenvalue weighted by molar-refractivity contribution is 7.13. The monoisotopic (exact) mass is 420 g/mol. The molecule has 0 bridgehead atoms. The first-order valence-corrected chi connectivity index (χ1v) is 10.6. The van der Waals surface area contributed by atoms with Crippen LogP contribution in [0.15, 0.2) is 29.6 Å². The lowest BCUT2D eigenvalue weighted by molar-refractivity contribution is -0.143. The third kappa shape index (κ3) is 3.41. The molecule has 3 aromatic rings. The van der Waals surface area contributed by atoms with Crippen LogP contribution in [0.3, 0.4) is 0 Å². The Labute approximate surface area is 169 Å². The maximum atomic E-state index is 13.8. The van der Waals surface area contributed by atoms with E-state index in [0.29, 0.717) is 23.5 Å². The Hall–Kier alpha value is -2.42. The average Bonchev–Trinajstić information content (AvgIpc) is 3.23. The minimum absolute atomic E-state index is 0.0712. The van der Waals surface area contributed by atoms with E-state index in [1.165, 1.54) is 11.3 Å². The van der Waals surface area contributed by atoms with Gasteiger partial charge in [0.25, 0.3) is 0 Å². The van der Waals surface area contributed by atoms with Gasteiger partial charge in [0, 0.05) is 18.5 Å². The van der Waals surface area contributed by atoms with E-state index in [0.717, 1.165) is 36.3 Å². The second-order valence-corrected chi connectivity index (χ2v) is 8.61. The summed E-state index contributed by atoms with van der Waals surface area (Å²) in [5, 5.41) is 6.09. The Balaban J connectivity index is 1.61. The number of carbonyl (C=O) groups is 1. The minimum Gasteiger partial charge on any atom is -0.334 e. The number of amides is 1. The number of thiophene rings is 1. The molecule has 1 atom stereocenters. The first kappa shape index (κ1) is 18.6. The Morgan fingerprint density at radius 1 is 1.17 bits per heavy atom. The number of likely N-dealkylation sites (tertiary alicyclic amines) is 1. The molecule has 1 saturated carbocycles. The van der Waals surface area contributed by atoms with E-state index < -0.39 is 11.9 Å². The highest BCUT2D eigenvalue weighted by Gasteiger charge is 2.40. The minimum atomic E-state index is -4.56. The Bertz CT molecular complexity index is 1060. The molecule has 29 heavy (non-hydrogen) atoms. The molecule has 1 amide bonds. The topological polar surface area (TPSA) is 50.5 Å². The lowest BCUT2D eigenvalue weighted by atomic mass is 9.99. The van der Waals surface area contributed by atoms with Gasteiger partial charge in [-0.05, 0) is 49.6 Å². The van der Waals surface area contributed by atoms with Crippen LogP contribution in [0.1, 0.15) is 49.5 Å². The molecule has 0 aromatic carbocycles. The smallest absolute Gasteiger partial charge is 0.334 e. The van der Waals surface area contributed by atoms with Crippen LogP contribution >= 0.6 is 11.3 Å². The molecule has 0 N–H and O–H groups in total. The van der Waals surface area contributed by atoms with Gasteiger partial charge >= 0.3 is 6.18 Å². The number of fused-ring (bicyclic) bond motifs is 1. The summed E-state index contributed by atoms with van der Waals surface area (Å²) in [6.07, 6.45) is -0.216. The third-order valence-corrected chi connectivity index (χ3v) is 6.46. The fraction of sp³-hybridized carbons (Fsp3) is 0.450. The van der Waals surface area contributed by atoms with Crippen molar-refractivity contribution in [2.75, 3.05) is 6.54 Å². The summed E-state index contributed by atoms with van der Waals surface area (Å²) < 4.78 is 42.2. The second kappa shape index (κ2) is 6.83. The van der Waals surface area contributed by atoms with Crippen molar-refractivity contribution in [1.29, 1.82) is 0 Å². The number of piperidine rings is 1. The van der Waals surface area contributed by atoms with Crippen molar-refractivity contribution in [3.63, 3.8) is 0 Å². The van der Waals surface area contributed by atoms with Gasteiger partial charge in [-0.2, -0.15) is 18.3 Å². The van der Waals surface area contributed by atoms with Gasteiger partial charge in [0.15, 0.2) is 11.3 Å².